The van der Waals surface area contributed by atoms with Crippen molar-refractivity contribution < 1.29 is 0 Å². The van der Waals surface area contributed by atoms with E-state index in [1.807, 2.05) is 0 Å². The summed E-state index contributed by atoms with van der Waals surface area (Å²) in [6.07, 6.45) is 23.0. The van der Waals surface area contributed by atoms with Crippen molar-refractivity contribution in [2.24, 2.45) is 0 Å². The van der Waals surface area contributed by atoms with Gasteiger partial charge in [0.1, 0.15) is 0 Å². The van der Waals surface area contributed by atoms with Crippen molar-refractivity contribution in [3.63, 3.8) is 0 Å². The quantitative estimate of drug-likeness (QED) is 0.473. The Morgan fingerprint density at radius 3 is 0.929 bits per heavy atom. The molecule has 0 saturated heterocycles. The summed E-state index contributed by atoms with van der Waals surface area (Å²) in [6.45, 7) is 0. The van der Waals surface area contributed by atoms with Crippen LogP contribution >= 0.6 is 0 Å². The Morgan fingerprint density at radius 2 is 0.643 bits per heavy atom. The molecule has 0 heterocycles. The van der Waals surface area contributed by atoms with Gasteiger partial charge in [-0.1, -0.05) is 37.1 Å². The second kappa shape index (κ2) is 9.05. The van der Waals surface area contributed by atoms with Gasteiger partial charge in [0, 0.05) is 0 Å². The van der Waals surface area contributed by atoms with Gasteiger partial charge in [0.15, 0.2) is 0 Å². The second-order valence-corrected chi connectivity index (χ2v) is 4.22. The van der Waals surface area contributed by atoms with E-state index in [4.69, 9.17) is 0 Å². The first-order valence-corrected chi connectivity index (χ1v) is 6.30. The molecule has 0 spiro atoms. The van der Waals surface area contributed by atoms with E-state index in [1.165, 1.54) is 64.2 Å². The highest BCUT2D eigenvalue weighted by Gasteiger charge is 1.89. The standard InChI is InChI=1S/C14H24/c1-2-4-6-8-10-12-14-13-11-9-7-5-3-1/h1-2,13-14H,3-12H2/b2-1-,14-13-. The molecular weight excluding hydrogens is 168 g/mol. The highest BCUT2D eigenvalue weighted by molar-refractivity contribution is 4.84. The third-order valence-corrected chi connectivity index (χ3v) is 2.82. The lowest BCUT2D eigenvalue weighted by molar-refractivity contribution is 0.675. The maximum Gasteiger partial charge on any atom is -0.0351 e. The topological polar surface area (TPSA) is 0 Å². The summed E-state index contributed by atoms with van der Waals surface area (Å²) in [5.74, 6) is 0. The second-order valence-electron chi connectivity index (χ2n) is 4.22. The van der Waals surface area contributed by atoms with Gasteiger partial charge in [0.2, 0.25) is 0 Å². The van der Waals surface area contributed by atoms with E-state index in [-0.39, 0.29) is 0 Å². The van der Waals surface area contributed by atoms with E-state index >= 15 is 0 Å². The fraction of sp³-hybridized carbons (Fsp3) is 0.714. The van der Waals surface area contributed by atoms with Crippen molar-refractivity contribution in [1.29, 1.82) is 0 Å². The van der Waals surface area contributed by atoms with Crippen LogP contribution in [-0.2, 0) is 0 Å². The Morgan fingerprint density at radius 1 is 0.357 bits per heavy atom. The zero-order valence-corrected chi connectivity index (χ0v) is 9.38. The number of hydrogen-bond donors (Lipinski definition) is 0. The maximum absolute atomic E-state index is 2.38. The summed E-state index contributed by atoms with van der Waals surface area (Å²) in [7, 11) is 0. The Bertz CT molecular complexity index is 129. The summed E-state index contributed by atoms with van der Waals surface area (Å²) >= 11 is 0. The first-order valence-electron chi connectivity index (χ1n) is 6.30. The molecule has 1 aliphatic rings. The molecule has 0 fully saturated rings. The van der Waals surface area contributed by atoms with Gasteiger partial charge in [-0.25, -0.2) is 0 Å². The van der Waals surface area contributed by atoms with Crippen LogP contribution in [0.3, 0.4) is 0 Å². The third-order valence-electron chi connectivity index (χ3n) is 2.82. The van der Waals surface area contributed by atoms with Gasteiger partial charge in [0.05, 0.1) is 0 Å². The Kier molecular flexibility index (Phi) is 7.47. The molecule has 0 unspecified atom stereocenters. The van der Waals surface area contributed by atoms with Crippen LogP contribution in [0, 0.1) is 0 Å². The maximum atomic E-state index is 2.38. The largest absolute Gasteiger partial charge is 0.0885 e. The van der Waals surface area contributed by atoms with E-state index in [9.17, 15) is 0 Å². The molecule has 0 heteroatoms. The predicted molar refractivity (Wildman–Crippen MR) is 64.5 cm³/mol. The Labute approximate surface area is 89.1 Å². The fourth-order valence-electron chi connectivity index (χ4n) is 1.87. The molecule has 0 aromatic carbocycles. The number of hydrogen-bond acceptors (Lipinski definition) is 0. The van der Waals surface area contributed by atoms with Gasteiger partial charge >= 0.3 is 0 Å². The first-order chi connectivity index (χ1) is 7.00. The monoisotopic (exact) mass is 192 g/mol. The van der Waals surface area contributed by atoms with Crippen molar-refractivity contribution in [2.45, 2.75) is 64.2 Å². The number of allylic oxidation sites excluding steroid dienone is 4. The lowest BCUT2D eigenvalue weighted by Crippen LogP contribution is -1.78. The molecule has 1 rings (SSSR count). The smallest absolute Gasteiger partial charge is 0.0351 e. The third kappa shape index (κ3) is 6.94. The predicted octanol–water partition coefficient (Wildman–Crippen LogP) is 5.01. The molecule has 0 radical (unpaired) electrons. The SMILES string of the molecule is C1=C\CCCCC/C=C\CCCCC/1. The van der Waals surface area contributed by atoms with Crippen molar-refractivity contribution in [2.75, 3.05) is 0 Å². The van der Waals surface area contributed by atoms with Crippen LogP contribution in [0.2, 0.25) is 0 Å². The highest BCUT2D eigenvalue weighted by atomic mass is 14.0. The summed E-state index contributed by atoms with van der Waals surface area (Å²) < 4.78 is 0. The molecule has 80 valence electrons. The van der Waals surface area contributed by atoms with Crippen molar-refractivity contribution in [3.8, 4) is 0 Å². The van der Waals surface area contributed by atoms with Gasteiger partial charge in [0.25, 0.3) is 0 Å². The fourth-order valence-corrected chi connectivity index (χ4v) is 1.87. The molecule has 0 aromatic rings. The molecule has 0 bridgehead atoms. The summed E-state index contributed by atoms with van der Waals surface area (Å²) in [5.41, 5.74) is 0. The Hall–Kier alpha value is -0.520. The highest BCUT2D eigenvalue weighted by Crippen LogP contribution is 2.09. The zero-order valence-electron chi connectivity index (χ0n) is 9.38. The number of rotatable bonds is 0. The van der Waals surface area contributed by atoms with Crippen LogP contribution in [-0.4, -0.2) is 0 Å². The van der Waals surface area contributed by atoms with Crippen LogP contribution in [0.1, 0.15) is 64.2 Å². The van der Waals surface area contributed by atoms with Gasteiger partial charge in [-0.2, -0.15) is 0 Å². The zero-order chi connectivity index (χ0) is 9.90. The minimum Gasteiger partial charge on any atom is -0.0885 e. The minimum atomic E-state index is 1.30. The molecular formula is C14H24. The van der Waals surface area contributed by atoms with Gasteiger partial charge in [-0.15, -0.1) is 0 Å². The van der Waals surface area contributed by atoms with Crippen LogP contribution in [0.15, 0.2) is 24.3 Å². The average molecular weight is 192 g/mol. The first kappa shape index (κ1) is 11.6. The minimum absolute atomic E-state index is 1.30. The molecule has 14 heavy (non-hydrogen) atoms. The van der Waals surface area contributed by atoms with Crippen molar-refractivity contribution in [3.05, 3.63) is 24.3 Å². The molecule has 0 saturated carbocycles. The Balaban J connectivity index is 2.15. The van der Waals surface area contributed by atoms with Crippen LogP contribution in [0.4, 0.5) is 0 Å². The molecule has 0 nitrogen and oxygen atoms in total. The molecule has 0 aliphatic heterocycles. The lowest BCUT2D eigenvalue weighted by Gasteiger charge is -1.98. The summed E-state index contributed by atoms with van der Waals surface area (Å²) in [4.78, 5) is 0. The average Bonchev–Trinajstić information content (AvgIpc) is 2.22. The summed E-state index contributed by atoms with van der Waals surface area (Å²) in [5, 5.41) is 0. The van der Waals surface area contributed by atoms with Gasteiger partial charge < -0.3 is 0 Å². The molecule has 1 aliphatic carbocycles. The van der Waals surface area contributed by atoms with Gasteiger partial charge in [-0.3, -0.25) is 0 Å². The summed E-state index contributed by atoms with van der Waals surface area (Å²) in [6, 6.07) is 0. The molecule has 0 atom stereocenters. The van der Waals surface area contributed by atoms with E-state index in [2.05, 4.69) is 24.3 Å². The van der Waals surface area contributed by atoms with Crippen LogP contribution < -0.4 is 0 Å². The molecule has 0 amide bonds. The van der Waals surface area contributed by atoms with Crippen molar-refractivity contribution >= 4 is 0 Å². The molecule has 0 N–H and O–H groups in total. The van der Waals surface area contributed by atoms with E-state index in [1.54, 1.807) is 0 Å². The molecule has 0 aromatic heterocycles. The normalized spacial score (nSPS) is 26.3. The van der Waals surface area contributed by atoms with Crippen LogP contribution in [0.25, 0.3) is 0 Å². The van der Waals surface area contributed by atoms with E-state index in [0.717, 1.165) is 0 Å². The van der Waals surface area contributed by atoms with E-state index < -0.39 is 0 Å². The van der Waals surface area contributed by atoms with E-state index in [0.29, 0.717) is 0 Å². The lowest BCUT2D eigenvalue weighted by atomic mass is 10.1. The van der Waals surface area contributed by atoms with Gasteiger partial charge in [-0.05, 0) is 51.4 Å². The van der Waals surface area contributed by atoms with Crippen LogP contribution in [0.5, 0.6) is 0 Å². The van der Waals surface area contributed by atoms with Crippen molar-refractivity contribution in [1.82, 2.24) is 0 Å².